The summed E-state index contributed by atoms with van der Waals surface area (Å²) in [6.07, 6.45) is 6.73. The molecule has 0 radical (unpaired) electrons. The van der Waals surface area contributed by atoms with Crippen LogP contribution in [-0.2, 0) is 20.9 Å². The summed E-state index contributed by atoms with van der Waals surface area (Å²) in [7, 11) is 0. The highest BCUT2D eigenvalue weighted by atomic mass is 19.1. The summed E-state index contributed by atoms with van der Waals surface area (Å²) in [6, 6.07) is 3.57. The molecule has 0 bridgehead atoms. The molecule has 38 heavy (non-hydrogen) atoms. The van der Waals surface area contributed by atoms with Gasteiger partial charge in [0, 0.05) is 66.5 Å². The Bertz CT molecular complexity index is 1300. The van der Waals surface area contributed by atoms with Crippen molar-refractivity contribution in [2.75, 3.05) is 24.5 Å². The van der Waals surface area contributed by atoms with Gasteiger partial charge in [0.1, 0.15) is 18.0 Å². The predicted molar refractivity (Wildman–Crippen MR) is 139 cm³/mol. The maximum absolute atomic E-state index is 14.4. The number of nitrogens with zero attached hydrogens (tertiary/aromatic N) is 4. The van der Waals surface area contributed by atoms with Crippen molar-refractivity contribution in [2.24, 2.45) is 5.92 Å². The Morgan fingerprint density at radius 1 is 1.00 bits per heavy atom. The van der Waals surface area contributed by atoms with Crippen LogP contribution in [0.5, 0.6) is 0 Å². The van der Waals surface area contributed by atoms with Crippen LogP contribution in [0.1, 0.15) is 52.0 Å². The molecule has 1 aromatic carbocycles. The molecule has 1 amide bonds. The normalized spacial score (nSPS) is 16.9. The van der Waals surface area contributed by atoms with E-state index in [0.29, 0.717) is 47.5 Å². The standard InChI is InChI=1S/C29H32F2N4O3/c1-18-19(2)29(38)25(20(3)28(18)37)6-7-27(36)34-10-8-21(9-11-34)15-35(24-13-32-17-33-14-24)16-22-4-5-23(30)12-26(22)31/h4-5,12-14,17,21H,6-11,15-16H2,1-3H3. The minimum atomic E-state index is -0.620. The van der Waals surface area contributed by atoms with Gasteiger partial charge in [-0.05, 0) is 52.0 Å². The highest BCUT2D eigenvalue weighted by Gasteiger charge is 2.29. The van der Waals surface area contributed by atoms with Crippen LogP contribution in [0.3, 0.4) is 0 Å². The summed E-state index contributed by atoms with van der Waals surface area (Å²) in [5.74, 6) is -1.27. The minimum Gasteiger partial charge on any atom is -0.364 e. The second-order valence-electron chi connectivity index (χ2n) is 10.0. The van der Waals surface area contributed by atoms with Gasteiger partial charge in [-0.25, -0.2) is 18.7 Å². The number of carbonyl (C=O) groups excluding carboxylic acids is 3. The summed E-state index contributed by atoms with van der Waals surface area (Å²) in [5.41, 5.74) is 2.93. The van der Waals surface area contributed by atoms with Gasteiger partial charge < -0.3 is 9.80 Å². The molecule has 2 heterocycles. The molecule has 2 aromatic rings. The Hall–Kier alpha value is -3.75. The van der Waals surface area contributed by atoms with Gasteiger partial charge in [0.25, 0.3) is 0 Å². The van der Waals surface area contributed by atoms with Crippen LogP contribution in [0.25, 0.3) is 0 Å². The van der Waals surface area contributed by atoms with Crippen LogP contribution in [0.2, 0.25) is 0 Å². The van der Waals surface area contributed by atoms with Crippen LogP contribution >= 0.6 is 0 Å². The number of Topliss-reactive ketones (excluding diaryl/α,β-unsaturated/α-hetero) is 2. The smallest absolute Gasteiger partial charge is 0.222 e. The first-order chi connectivity index (χ1) is 18.2. The number of aromatic nitrogens is 2. The summed E-state index contributed by atoms with van der Waals surface area (Å²) in [4.78, 5) is 50.0. The summed E-state index contributed by atoms with van der Waals surface area (Å²) in [5, 5.41) is 0. The van der Waals surface area contributed by atoms with Gasteiger partial charge in [-0.3, -0.25) is 14.4 Å². The second-order valence-corrected chi connectivity index (χ2v) is 10.0. The van der Waals surface area contributed by atoms with Crippen molar-refractivity contribution in [1.29, 1.82) is 0 Å². The third kappa shape index (κ3) is 6.03. The van der Waals surface area contributed by atoms with Crippen molar-refractivity contribution in [1.82, 2.24) is 14.9 Å². The van der Waals surface area contributed by atoms with E-state index in [1.807, 2.05) is 9.80 Å². The molecule has 4 rings (SSSR count). The lowest BCUT2D eigenvalue weighted by Crippen LogP contribution is -2.41. The molecule has 0 atom stereocenters. The molecule has 9 heteroatoms. The Morgan fingerprint density at radius 3 is 2.32 bits per heavy atom. The number of benzene rings is 1. The number of amides is 1. The topological polar surface area (TPSA) is 83.5 Å². The van der Waals surface area contributed by atoms with Crippen molar-refractivity contribution in [3.8, 4) is 0 Å². The quantitative estimate of drug-likeness (QED) is 0.472. The third-order valence-electron chi connectivity index (χ3n) is 7.63. The number of piperidine rings is 1. The predicted octanol–water partition coefficient (Wildman–Crippen LogP) is 4.58. The molecule has 1 aromatic heterocycles. The minimum absolute atomic E-state index is 0.0328. The highest BCUT2D eigenvalue weighted by molar-refractivity contribution is 6.24. The van der Waals surface area contributed by atoms with Crippen LogP contribution in [0, 0.1) is 17.6 Å². The Morgan fingerprint density at radius 2 is 1.66 bits per heavy atom. The van der Waals surface area contributed by atoms with Gasteiger partial charge in [-0.1, -0.05) is 6.07 Å². The van der Waals surface area contributed by atoms with E-state index in [-0.39, 0.29) is 42.8 Å². The second kappa shape index (κ2) is 11.8. The summed E-state index contributed by atoms with van der Waals surface area (Å²) in [6.45, 7) is 6.99. The maximum Gasteiger partial charge on any atom is 0.222 e. The number of carbonyl (C=O) groups is 3. The van der Waals surface area contributed by atoms with E-state index in [4.69, 9.17) is 0 Å². The van der Waals surface area contributed by atoms with E-state index in [9.17, 15) is 23.2 Å². The number of anilines is 1. The van der Waals surface area contributed by atoms with E-state index < -0.39 is 11.6 Å². The van der Waals surface area contributed by atoms with E-state index in [2.05, 4.69) is 9.97 Å². The lowest BCUT2D eigenvalue weighted by molar-refractivity contribution is -0.132. The number of allylic oxidation sites excluding steroid dienone is 4. The molecule has 1 fully saturated rings. The zero-order valence-corrected chi connectivity index (χ0v) is 22.0. The van der Waals surface area contributed by atoms with Gasteiger partial charge in [0.2, 0.25) is 5.91 Å². The number of rotatable bonds is 8. The lowest BCUT2D eigenvalue weighted by atomic mass is 9.84. The molecule has 1 aliphatic heterocycles. The van der Waals surface area contributed by atoms with E-state index >= 15 is 0 Å². The van der Waals surface area contributed by atoms with Crippen LogP contribution in [-0.4, -0.2) is 52.0 Å². The monoisotopic (exact) mass is 522 g/mol. The molecule has 0 unspecified atom stereocenters. The first kappa shape index (κ1) is 27.3. The van der Waals surface area contributed by atoms with Crippen molar-refractivity contribution >= 4 is 23.2 Å². The van der Waals surface area contributed by atoms with Crippen molar-refractivity contribution in [3.63, 3.8) is 0 Å². The molecular formula is C29H32F2N4O3. The average Bonchev–Trinajstić information content (AvgIpc) is 2.92. The Kier molecular flexibility index (Phi) is 8.44. The highest BCUT2D eigenvalue weighted by Crippen LogP contribution is 2.28. The van der Waals surface area contributed by atoms with Crippen molar-refractivity contribution in [3.05, 3.63) is 76.4 Å². The van der Waals surface area contributed by atoms with E-state index in [1.165, 1.54) is 18.5 Å². The van der Waals surface area contributed by atoms with Crippen LogP contribution in [0.4, 0.5) is 14.5 Å². The summed E-state index contributed by atoms with van der Waals surface area (Å²) < 4.78 is 27.8. The maximum atomic E-state index is 14.4. The Balaban J connectivity index is 1.35. The number of hydrogen-bond acceptors (Lipinski definition) is 6. The summed E-state index contributed by atoms with van der Waals surface area (Å²) >= 11 is 0. The first-order valence-corrected chi connectivity index (χ1v) is 12.8. The first-order valence-electron chi connectivity index (χ1n) is 12.8. The third-order valence-corrected chi connectivity index (χ3v) is 7.63. The fourth-order valence-corrected chi connectivity index (χ4v) is 5.09. The largest absolute Gasteiger partial charge is 0.364 e. The van der Waals surface area contributed by atoms with Crippen LogP contribution < -0.4 is 4.90 Å². The molecule has 0 saturated carbocycles. The molecule has 2 aliphatic rings. The Labute approximate surface area is 221 Å². The SMILES string of the molecule is CC1=C(C)C(=O)C(CCC(=O)N2CCC(CN(Cc3ccc(F)cc3F)c3cncnc3)CC2)=C(C)C1=O. The molecule has 1 aliphatic carbocycles. The van der Waals surface area contributed by atoms with Crippen LogP contribution in [0.15, 0.2) is 59.2 Å². The number of hydrogen-bond donors (Lipinski definition) is 0. The van der Waals surface area contributed by atoms with E-state index in [1.54, 1.807) is 33.2 Å². The zero-order chi connectivity index (χ0) is 27.4. The number of halogens is 2. The molecule has 7 nitrogen and oxygen atoms in total. The lowest BCUT2D eigenvalue weighted by Gasteiger charge is -2.35. The number of likely N-dealkylation sites (tertiary alicyclic amines) is 1. The van der Waals surface area contributed by atoms with Gasteiger partial charge >= 0.3 is 0 Å². The van der Waals surface area contributed by atoms with E-state index in [0.717, 1.165) is 24.6 Å². The van der Waals surface area contributed by atoms with Crippen molar-refractivity contribution in [2.45, 2.75) is 53.0 Å². The molecule has 0 N–H and O–H groups in total. The molecular weight excluding hydrogens is 490 g/mol. The fourth-order valence-electron chi connectivity index (χ4n) is 5.09. The fraction of sp³-hybridized carbons (Fsp3) is 0.414. The van der Waals surface area contributed by atoms with Gasteiger partial charge in [0.15, 0.2) is 11.6 Å². The molecule has 0 spiro atoms. The van der Waals surface area contributed by atoms with Crippen molar-refractivity contribution < 1.29 is 23.2 Å². The zero-order valence-electron chi connectivity index (χ0n) is 22.0. The van der Waals surface area contributed by atoms with Gasteiger partial charge in [0.05, 0.1) is 18.1 Å². The average molecular weight is 523 g/mol. The number of ketones is 2. The van der Waals surface area contributed by atoms with Gasteiger partial charge in [-0.2, -0.15) is 0 Å². The van der Waals surface area contributed by atoms with Gasteiger partial charge in [-0.15, -0.1) is 0 Å². The molecule has 200 valence electrons. The molecule has 1 saturated heterocycles.